The molecule has 0 bridgehead atoms. The van der Waals surface area contributed by atoms with Crippen molar-refractivity contribution in [3.05, 3.63) is 47.5 Å². The molecule has 5 aliphatic carbocycles. The third-order valence-electron chi connectivity index (χ3n) is 18.4. The van der Waals surface area contributed by atoms with E-state index in [0.29, 0.717) is 51.5 Å². The van der Waals surface area contributed by atoms with Crippen molar-refractivity contribution in [1.29, 1.82) is 0 Å². The summed E-state index contributed by atoms with van der Waals surface area (Å²) in [4.78, 5) is 26.2. The lowest BCUT2D eigenvalue weighted by atomic mass is 9.31. The number of aliphatic hydroxyl groups is 6. The molecule has 13 nitrogen and oxygen atoms in total. The van der Waals surface area contributed by atoms with Gasteiger partial charge in [-0.3, -0.25) is 9.59 Å². The average Bonchev–Trinajstić information content (AvgIpc) is 3.64. The Hall–Kier alpha value is -2.46. The Labute approximate surface area is 353 Å². The number of rotatable bonds is 10. The van der Waals surface area contributed by atoms with Crippen molar-refractivity contribution in [3.63, 3.8) is 0 Å². The Morgan fingerprint density at radius 1 is 0.933 bits per heavy atom. The maximum atomic E-state index is 13.4. The molecule has 7 aliphatic rings. The minimum Gasteiger partial charge on any atom is -0.481 e. The number of ether oxygens (including phenoxy) is 3. The van der Waals surface area contributed by atoms with Crippen LogP contribution >= 0.6 is 0 Å². The third-order valence-corrected chi connectivity index (χ3v) is 18.4. The molecule has 2 aliphatic heterocycles. The standard InChI is InChI=1S/C47H69NO12/c1-42(24-49)19-30-28-11-12-33-45(4,44(28,3)15-16-47(30,41(56)57)34(52)20-42)14-13-32-43(2,25-50)39(60-40-37(55)36(54)31(51)23-59-40)38(58-22-26-9-7-6-8-10-26)29(46(32,33)5)17-27-18-35(53)48-21-27/h6-11,27,29-34,36-40,49-52,54-55H,12-25H2,1-5H3,(H,48,53)(H,56,57)/t27-,29-,30-,31+,32+,33-,34+,36-,37+,38+,39+,40-,42+,43-,44+,45+,46-,47-/m0/s1. The van der Waals surface area contributed by atoms with Crippen LogP contribution in [0.2, 0.25) is 0 Å². The molecule has 2 heterocycles. The number of aliphatic carboxylic acids is 1. The SMILES string of the molecule is C[C@]1(CO)C[C@@H](O)[C@]2(C(=O)O)CC[C@]3(C)C(=CC[C@@H]4[C@]5(C)[C@H](CC[C@]43C)[C@](C)(CO)[C@H](O[C@@H]3OC[C@@H](O)[C@H](O)[C@H]3O)[C@H](OCc3ccccc3)[C@@H]5C[C@@H]3CNC(=O)C3)[C@@H]2C1. The number of hydrogen-bond acceptors (Lipinski definition) is 11. The number of carboxylic acids is 1. The molecule has 4 saturated carbocycles. The zero-order valence-corrected chi connectivity index (χ0v) is 36.0. The van der Waals surface area contributed by atoms with E-state index in [1.165, 1.54) is 0 Å². The van der Waals surface area contributed by atoms with E-state index >= 15 is 0 Å². The molecule has 13 heteroatoms. The lowest BCUT2D eigenvalue weighted by Gasteiger charge is -2.74. The van der Waals surface area contributed by atoms with E-state index in [1.807, 2.05) is 44.2 Å². The fourth-order valence-corrected chi connectivity index (χ4v) is 14.9. The Kier molecular flexibility index (Phi) is 11.5. The Morgan fingerprint density at radius 3 is 2.32 bits per heavy atom. The molecule has 8 rings (SSSR count). The average molecular weight is 840 g/mol. The van der Waals surface area contributed by atoms with E-state index in [-0.39, 0.29) is 67.8 Å². The first-order valence-electron chi connectivity index (χ1n) is 22.4. The summed E-state index contributed by atoms with van der Waals surface area (Å²) in [6, 6.07) is 9.82. The molecular formula is C47H69NO12. The number of benzene rings is 1. The maximum Gasteiger partial charge on any atom is 0.312 e. The molecule has 2 saturated heterocycles. The highest BCUT2D eigenvalue weighted by atomic mass is 16.7. The number of aliphatic hydroxyl groups excluding tert-OH is 6. The number of carboxylic acid groups (broad SMARTS) is 1. The van der Waals surface area contributed by atoms with Gasteiger partial charge in [-0.2, -0.15) is 0 Å². The van der Waals surface area contributed by atoms with Gasteiger partial charge in [-0.05, 0) is 108 Å². The second-order valence-electron chi connectivity index (χ2n) is 21.4. The summed E-state index contributed by atoms with van der Waals surface area (Å²) in [7, 11) is 0. The van der Waals surface area contributed by atoms with Gasteiger partial charge in [0.25, 0.3) is 0 Å². The van der Waals surface area contributed by atoms with Crippen LogP contribution in [0.4, 0.5) is 0 Å². The van der Waals surface area contributed by atoms with Crippen LogP contribution in [0.1, 0.15) is 98.0 Å². The highest BCUT2D eigenvalue weighted by Gasteiger charge is 2.74. The molecule has 0 spiro atoms. The van der Waals surface area contributed by atoms with E-state index in [1.54, 1.807) is 0 Å². The first kappa shape index (κ1) is 44.2. The number of amides is 1. The quantitative estimate of drug-likeness (QED) is 0.126. The summed E-state index contributed by atoms with van der Waals surface area (Å²) in [6.45, 7) is 11.1. The fourth-order valence-electron chi connectivity index (χ4n) is 14.9. The summed E-state index contributed by atoms with van der Waals surface area (Å²) < 4.78 is 19.9. The highest BCUT2D eigenvalue weighted by molar-refractivity contribution is 5.78. The highest BCUT2D eigenvalue weighted by Crippen LogP contribution is 2.77. The molecular weight excluding hydrogens is 771 g/mol. The van der Waals surface area contributed by atoms with Crippen molar-refractivity contribution >= 4 is 11.9 Å². The first-order valence-corrected chi connectivity index (χ1v) is 22.4. The molecule has 8 N–H and O–H groups in total. The number of carbonyl (C=O) groups excluding carboxylic acids is 1. The van der Waals surface area contributed by atoms with Crippen LogP contribution in [0.3, 0.4) is 0 Å². The molecule has 60 heavy (non-hydrogen) atoms. The van der Waals surface area contributed by atoms with Crippen LogP contribution in [-0.4, -0.2) is 117 Å². The molecule has 1 aromatic carbocycles. The summed E-state index contributed by atoms with van der Waals surface area (Å²) in [5, 5.41) is 80.4. The van der Waals surface area contributed by atoms with Gasteiger partial charge in [0.15, 0.2) is 6.29 Å². The molecule has 1 amide bonds. The van der Waals surface area contributed by atoms with Gasteiger partial charge >= 0.3 is 5.97 Å². The number of carbonyl (C=O) groups is 2. The van der Waals surface area contributed by atoms with Crippen molar-refractivity contribution in [2.24, 2.45) is 62.1 Å². The van der Waals surface area contributed by atoms with Crippen molar-refractivity contribution in [2.75, 3.05) is 26.4 Å². The Morgan fingerprint density at radius 2 is 1.67 bits per heavy atom. The monoisotopic (exact) mass is 839 g/mol. The summed E-state index contributed by atoms with van der Waals surface area (Å²) in [5.74, 6) is -1.78. The number of allylic oxidation sites excluding steroid dienone is 2. The lowest BCUT2D eigenvalue weighted by molar-refractivity contribution is -0.345. The topological polar surface area (TPSA) is 215 Å². The van der Waals surface area contributed by atoms with Crippen molar-refractivity contribution < 1.29 is 59.5 Å². The van der Waals surface area contributed by atoms with Crippen molar-refractivity contribution in [3.8, 4) is 0 Å². The normalized spacial score (nSPS) is 50.0. The first-order chi connectivity index (χ1) is 28.3. The Bertz CT molecular complexity index is 1810. The minimum atomic E-state index is -1.55. The van der Waals surface area contributed by atoms with E-state index in [0.717, 1.165) is 17.6 Å². The zero-order valence-electron chi connectivity index (χ0n) is 36.0. The Balaban J connectivity index is 1.27. The van der Waals surface area contributed by atoms with Gasteiger partial charge in [-0.15, -0.1) is 0 Å². The summed E-state index contributed by atoms with van der Waals surface area (Å²) in [5.41, 5.74) is -2.23. The summed E-state index contributed by atoms with van der Waals surface area (Å²) >= 11 is 0. The summed E-state index contributed by atoms with van der Waals surface area (Å²) in [6.07, 6.45) is -1.26. The lowest BCUT2D eigenvalue weighted by Crippen LogP contribution is -2.73. The van der Waals surface area contributed by atoms with Gasteiger partial charge in [0, 0.05) is 25.0 Å². The number of hydrogen-bond donors (Lipinski definition) is 8. The van der Waals surface area contributed by atoms with Gasteiger partial charge in [-0.1, -0.05) is 76.6 Å². The van der Waals surface area contributed by atoms with Gasteiger partial charge in [0.1, 0.15) is 23.7 Å². The van der Waals surface area contributed by atoms with E-state index in [4.69, 9.17) is 14.2 Å². The van der Waals surface area contributed by atoms with E-state index < -0.39 is 81.9 Å². The molecule has 1 aromatic rings. The predicted octanol–water partition coefficient (Wildman–Crippen LogP) is 3.56. The molecule has 0 radical (unpaired) electrons. The molecule has 0 unspecified atom stereocenters. The van der Waals surface area contributed by atoms with Gasteiger partial charge in [0.2, 0.25) is 5.91 Å². The fraction of sp³-hybridized carbons (Fsp3) is 0.787. The van der Waals surface area contributed by atoms with Crippen LogP contribution < -0.4 is 5.32 Å². The zero-order chi connectivity index (χ0) is 43.2. The molecule has 0 aromatic heterocycles. The van der Waals surface area contributed by atoms with Crippen LogP contribution in [-0.2, 0) is 30.4 Å². The second-order valence-corrected chi connectivity index (χ2v) is 21.4. The smallest absolute Gasteiger partial charge is 0.312 e. The van der Waals surface area contributed by atoms with Gasteiger partial charge in [-0.25, -0.2) is 0 Å². The molecule has 6 fully saturated rings. The molecule has 334 valence electrons. The van der Waals surface area contributed by atoms with Crippen LogP contribution in [0, 0.1) is 62.1 Å². The number of nitrogens with one attached hydrogen (secondary N) is 1. The van der Waals surface area contributed by atoms with E-state index in [2.05, 4.69) is 32.2 Å². The predicted molar refractivity (Wildman–Crippen MR) is 219 cm³/mol. The van der Waals surface area contributed by atoms with Crippen molar-refractivity contribution in [1.82, 2.24) is 5.32 Å². The largest absolute Gasteiger partial charge is 0.481 e. The van der Waals surface area contributed by atoms with Crippen LogP contribution in [0.25, 0.3) is 0 Å². The van der Waals surface area contributed by atoms with E-state index in [9.17, 15) is 45.3 Å². The third kappa shape index (κ3) is 6.49. The van der Waals surface area contributed by atoms with Crippen LogP contribution in [0.5, 0.6) is 0 Å². The second kappa shape index (κ2) is 15.7. The maximum absolute atomic E-state index is 13.4. The van der Waals surface area contributed by atoms with Crippen LogP contribution in [0.15, 0.2) is 42.0 Å². The van der Waals surface area contributed by atoms with Gasteiger partial charge in [0.05, 0.1) is 38.1 Å². The van der Waals surface area contributed by atoms with Crippen molar-refractivity contribution in [2.45, 2.75) is 142 Å². The minimum absolute atomic E-state index is 0.000338. The number of fused-ring (bicyclic) bond motifs is 7. The van der Waals surface area contributed by atoms with Gasteiger partial charge < -0.3 is 55.3 Å². The molecule has 18 atom stereocenters.